The van der Waals surface area contributed by atoms with Gasteiger partial charge in [0.1, 0.15) is 5.75 Å². The molecule has 0 aliphatic heterocycles. The molecule has 0 saturated heterocycles. The van der Waals surface area contributed by atoms with Gasteiger partial charge in [0.25, 0.3) is 0 Å². The first-order chi connectivity index (χ1) is 11.7. The van der Waals surface area contributed by atoms with Gasteiger partial charge in [-0.1, -0.05) is 47.6 Å². The molecule has 4 nitrogen and oxygen atoms in total. The smallest absolute Gasteiger partial charge is 0.191 e. The van der Waals surface area contributed by atoms with Crippen molar-refractivity contribution in [1.29, 1.82) is 0 Å². The van der Waals surface area contributed by atoms with E-state index in [1.807, 2.05) is 42.5 Å². The second-order valence-electron chi connectivity index (χ2n) is 5.17. The van der Waals surface area contributed by atoms with Gasteiger partial charge in [-0.15, -0.1) is 10.2 Å². The minimum absolute atomic E-state index is 0.684. The fraction of sp³-hybridized carbons (Fsp3) is 0.222. The molecule has 6 heteroatoms. The van der Waals surface area contributed by atoms with Gasteiger partial charge in [0.2, 0.25) is 0 Å². The van der Waals surface area contributed by atoms with Crippen LogP contribution < -0.4 is 4.74 Å². The third-order valence-electron chi connectivity index (χ3n) is 3.65. The van der Waals surface area contributed by atoms with Crippen LogP contribution in [0.3, 0.4) is 0 Å². The average Bonchev–Trinajstić information content (AvgIpc) is 3.03. The monoisotopic (exact) mass is 359 g/mol. The Morgan fingerprint density at radius 3 is 2.71 bits per heavy atom. The summed E-state index contributed by atoms with van der Waals surface area (Å²) in [4.78, 5) is 0. The molecule has 1 heterocycles. The number of hydrogen-bond acceptors (Lipinski definition) is 4. The van der Waals surface area contributed by atoms with Crippen LogP contribution in [0.1, 0.15) is 12.5 Å². The van der Waals surface area contributed by atoms with E-state index in [4.69, 9.17) is 16.3 Å². The standard InChI is InChI=1S/C18H18ClN3OS/c1-3-22-17(15-9-4-5-10-16(15)19)20-21-18(22)24-12-13-7-6-8-14(11-13)23-2/h4-11H,3,12H2,1-2H3. The lowest BCUT2D eigenvalue weighted by atomic mass is 10.2. The Morgan fingerprint density at radius 1 is 1.12 bits per heavy atom. The zero-order valence-corrected chi connectivity index (χ0v) is 15.1. The summed E-state index contributed by atoms with van der Waals surface area (Å²) in [6.45, 7) is 2.87. The molecule has 0 unspecified atom stereocenters. The molecule has 0 radical (unpaired) electrons. The number of benzene rings is 2. The summed E-state index contributed by atoms with van der Waals surface area (Å²) in [6.07, 6.45) is 0. The lowest BCUT2D eigenvalue weighted by Crippen LogP contribution is -2.00. The van der Waals surface area contributed by atoms with Crippen molar-refractivity contribution >= 4 is 23.4 Å². The summed E-state index contributed by atoms with van der Waals surface area (Å²) in [5.74, 6) is 2.47. The number of ether oxygens (including phenoxy) is 1. The zero-order chi connectivity index (χ0) is 16.9. The molecule has 3 rings (SSSR count). The fourth-order valence-electron chi connectivity index (χ4n) is 2.43. The van der Waals surface area contributed by atoms with E-state index in [1.165, 1.54) is 5.56 Å². The third kappa shape index (κ3) is 3.57. The molecular formula is C18H18ClN3OS. The second kappa shape index (κ2) is 7.73. The molecule has 0 saturated carbocycles. The molecule has 0 atom stereocenters. The van der Waals surface area contributed by atoms with Gasteiger partial charge in [-0.25, -0.2) is 0 Å². The quantitative estimate of drug-likeness (QED) is 0.586. The lowest BCUT2D eigenvalue weighted by Gasteiger charge is -2.09. The van der Waals surface area contributed by atoms with Crippen molar-refractivity contribution in [3.8, 4) is 17.1 Å². The van der Waals surface area contributed by atoms with Gasteiger partial charge in [-0.2, -0.15) is 0 Å². The minimum atomic E-state index is 0.684. The Labute approximate surface area is 150 Å². The average molecular weight is 360 g/mol. The molecular weight excluding hydrogens is 342 g/mol. The van der Waals surface area contributed by atoms with Crippen LogP contribution in [0.2, 0.25) is 5.02 Å². The van der Waals surface area contributed by atoms with Gasteiger partial charge in [-0.3, -0.25) is 0 Å². The topological polar surface area (TPSA) is 39.9 Å². The molecule has 0 amide bonds. The van der Waals surface area contributed by atoms with E-state index in [9.17, 15) is 0 Å². The fourth-order valence-corrected chi connectivity index (χ4v) is 3.60. The molecule has 0 N–H and O–H groups in total. The molecule has 124 valence electrons. The van der Waals surface area contributed by atoms with Crippen molar-refractivity contribution in [3.63, 3.8) is 0 Å². The summed E-state index contributed by atoms with van der Waals surface area (Å²) >= 11 is 7.96. The van der Waals surface area contributed by atoms with Crippen LogP contribution in [0.5, 0.6) is 5.75 Å². The summed E-state index contributed by atoms with van der Waals surface area (Å²) < 4.78 is 7.36. The number of methoxy groups -OCH3 is 1. The summed E-state index contributed by atoms with van der Waals surface area (Å²) in [7, 11) is 1.68. The van der Waals surface area contributed by atoms with Crippen LogP contribution in [0.15, 0.2) is 53.7 Å². The predicted molar refractivity (Wildman–Crippen MR) is 98.7 cm³/mol. The van der Waals surface area contributed by atoms with Gasteiger partial charge in [0.05, 0.1) is 12.1 Å². The van der Waals surface area contributed by atoms with Gasteiger partial charge >= 0.3 is 0 Å². The Morgan fingerprint density at radius 2 is 1.96 bits per heavy atom. The molecule has 0 bridgehead atoms. The minimum Gasteiger partial charge on any atom is -0.497 e. The molecule has 0 aliphatic rings. The SMILES string of the molecule is CCn1c(SCc2cccc(OC)c2)nnc1-c1ccccc1Cl. The molecule has 0 aliphatic carbocycles. The molecule has 3 aromatic rings. The normalized spacial score (nSPS) is 10.8. The zero-order valence-electron chi connectivity index (χ0n) is 13.6. The van der Waals surface area contributed by atoms with E-state index >= 15 is 0 Å². The van der Waals surface area contributed by atoms with E-state index < -0.39 is 0 Å². The maximum Gasteiger partial charge on any atom is 0.191 e. The van der Waals surface area contributed by atoms with Crippen molar-refractivity contribution in [2.45, 2.75) is 24.4 Å². The lowest BCUT2D eigenvalue weighted by molar-refractivity contribution is 0.414. The van der Waals surface area contributed by atoms with Crippen LogP contribution in [-0.2, 0) is 12.3 Å². The maximum atomic E-state index is 6.30. The Balaban J connectivity index is 1.83. The Hall–Kier alpha value is -1.98. The third-order valence-corrected chi connectivity index (χ3v) is 5.02. The second-order valence-corrected chi connectivity index (χ2v) is 6.52. The summed E-state index contributed by atoms with van der Waals surface area (Å²) in [5, 5.41) is 10.3. The first-order valence-electron chi connectivity index (χ1n) is 7.66. The molecule has 2 aromatic carbocycles. The Bertz CT molecular complexity index is 835. The highest BCUT2D eigenvalue weighted by Gasteiger charge is 2.15. The summed E-state index contributed by atoms with van der Waals surface area (Å²) in [6, 6.07) is 15.8. The van der Waals surface area contributed by atoms with Crippen molar-refractivity contribution in [2.24, 2.45) is 0 Å². The van der Waals surface area contributed by atoms with E-state index in [0.717, 1.165) is 34.6 Å². The highest BCUT2D eigenvalue weighted by Crippen LogP contribution is 2.30. The van der Waals surface area contributed by atoms with Crippen molar-refractivity contribution < 1.29 is 4.74 Å². The van der Waals surface area contributed by atoms with Crippen molar-refractivity contribution in [3.05, 3.63) is 59.1 Å². The van der Waals surface area contributed by atoms with Crippen LogP contribution >= 0.6 is 23.4 Å². The highest BCUT2D eigenvalue weighted by atomic mass is 35.5. The van der Waals surface area contributed by atoms with Gasteiger partial charge < -0.3 is 9.30 Å². The first-order valence-corrected chi connectivity index (χ1v) is 9.03. The van der Waals surface area contributed by atoms with Gasteiger partial charge in [0.15, 0.2) is 11.0 Å². The van der Waals surface area contributed by atoms with Crippen LogP contribution in [0, 0.1) is 0 Å². The number of thioether (sulfide) groups is 1. The van der Waals surface area contributed by atoms with Crippen LogP contribution in [0.4, 0.5) is 0 Å². The predicted octanol–water partition coefficient (Wildman–Crippen LogP) is 4.92. The number of aromatic nitrogens is 3. The van der Waals surface area contributed by atoms with Crippen molar-refractivity contribution in [1.82, 2.24) is 14.8 Å². The van der Waals surface area contributed by atoms with E-state index in [1.54, 1.807) is 18.9 Å². The Kier molecular flexibility index (Phi) is 5.43. The van der Waals surface area contributed by atoms with Crippen molar-refractivity contribution in [2.75, 3.05) is 7.11 Å². The molecule has 0 fully saturated rings. The number of nitrogens with zero attached hydrogens (tertiary/aromatic N) is 3. The van der Waals surface area contributed by atoms with Gasteiger partial charge in [-0.05, 0) is 36.8 Å². The van der Waals surface area contributed by atoms with Crippen LogP contribution in [0.25, 0.3) is 11.4 Å². The number of halogens is 1. The van der Waals surface area contributed by atoms with E-state index in [0.29, 0.717) is 5.02 Å². The largest absolute Gasteiger partial charge is 0.497 e. The maximum absolute atomic E-state index is 6.30. The highest BCUT2D eigenvalue weighted by molar-refractivity contribution is 7.98. The van der Waals surface area contributed by atoms with Gasteiger partial charge in [0, 0.05) is 17.9 Å². The first kappa shape index (κ1) is 16.9. The molecule has 0 spiro atoms. The number of rotatable bonds is 6. The number of hydrogen-bond donors (Lipinski definition) is 0. The molecule has 1 aromatic heterocycles. The van der Waals surface area contributed by atoms with E-state index in [-0.39, 0.29) is 0 Å². The summed E-state index contributed by atoms with van der Waals surface area (Å²) in [5.41, 5.74) is 2.09. The molecule has 24 heavy (non-hydrogen) atoms. The van der Waals surface area contributed by atoms with E-state index in [2.05, 4.69) is 27.8 Å². The van der Waals surface area contributed by atoms with Crippen LogP contribution in [-0.4, -0.2) is 21.9 Å².